The average molecular weight is 517 g/mol. The van der Waals surface area contributed by atoms with Crippen LogP contribution < -0.4 is 3.61 Å². The van der Waals surface area contributed by atoms with Crippen LogP contribution >= 0.6 is 38.3 Å². The van der Waals surface area contributed by atoms with Gasteiger partial charge in [-0.2, -0.15) is 0 Å². The second-order valence-electron chi connectivity index (χ2n) is 3.40. The Hall–Kier alpha value is 0.920. The second kappa shape index (κ2) is 3.71. The SMILES string of the molecule is CC1=[N+](C)c2ccccc2[TeH](Br)(Br)(Br)O1. The first-order valence-electron chi connectivity index (χ1n) is 4.34. The first-order chi connectivity index (χ1) is 6.80. The summed E-state index contributed by atoms with van der Waals surface area (Å²) in [5.41, 5.74) is 1.17. The zero-order chi connectivity index (χ0) is 11.3. The van der Waals surface area contributed by atoms with Crippen LogP contribution in [0.15, 0.2) is 24.3 Å². The summed E-state index contributed by atoms with van der Waals surface area (Å²) in [6.07, 6.45) is 0. The van der Waals surface area contributed by atoms with E-state index in [2.05, 4.69) is 50.4 Å². The van der Waals surface area contributed by atoms with Crippen molar-refractivity contribution in [3.8, 4) is 0 Å². The minimum absolute atomic E-state index is 0.890. The van der Waals surface area contributed by atoms with Gasteiger partial charge in [-0.1, -0.05) is 0 Å². The Morgan fingerprint density at radius 2 is 1.80 bits per heavy atom. The number of halogens is 3. The van der Waals surface area contributed by atoms with Crippen LogP contribution in [0, 0.1) is 0 Å². The van der Waals surface area contributed by atoms with Gasteiger partial charge in [0.05, 0.1) is 0 Å². The van der Waals surface area contributed by atoms with Gasteiger partial charge in [0.2, 0.25) is 0 Å². The van der Waals surface area contributed by atoms with E-state index in [1.807, 2.05) is 30.7 Å². The van der Waals surface area contributed by atoms with Gasteiger partial charge in [-0.15, -0.1) is 0 Å². The molecular weight excluding hydrogens is 505 g/mol. The molecule has 0 spiro atoms. The fraction of sp³-hybridized carbons (Fsp3) is 0.222. The third-order valence-corrected chi connectivity index (χ3v) is 17.8. The third-order valence-electron chi connectivity index (χ3n) is 2.37. The first-order valence-corrected chi connectivity index (χ1v) is 23.8. The van der Waals surface area contributed by atoms with E-state index in [-0.39, 0.29) is 0 Å². The summed E-state index contributed by atoms with van der Waals surface area (Å²) in [4.78, 5) is 0. The van der Waals surface area contributed by atoms with Gasteiger partial charge in [0.1, 0.15) is 0 Å². The molecule has 2 rings (SSSR count). The van der Waals surface area contributed by atoms with E-state index in [0.717, 1.165) is 5.90 Å². The van der Waals surface area contributed by atoms with E-state index < -0.39 is 10.6 Å². The quantitative estimate of drug-likeness (QED) is 0.382. The maximum absolute atomic E-state index is 5.99. The Morgan fingerprint density at radius 3 is 2.47 bits per heavy atom. The molecule has 0 radical (unpaired) electrons. The molecule has 0 atom stereocenters. The number of hydrogen-bond donors (Lipinski definition) is 0. The predicted octanol–water partition coefficient (Wildman–Crippen LogP) is 2.92. The number of para-hydroxylation sites is 1. The van der Waals surface area contributed by atoms with Crippen molar-refractivity contribution in [2.45, 2.75) is 6.92 Å². The van der Waals surface area contributed by atoms with E-state index in [9.17, 15) is 0 Å². The van der Waals surface area contributed by atoms with Crippen molar-refractivity contribution in [1.82, 2.24) is 0 Å². The van der Waals surface area contributed by atoms with Gasteiger partial charge in [-0.25, -0.2) is 0 Å². The van der Waals surface area contributed by atoms with Gasteiger partial charge in [0, 0.05) is 0 Å². The molecule has 2 nitrogen and oxygen atoms in total. The normalized spacial score (nSPS) is 24.7. The Morgan fingerprint density at radius 1 is 1.20 bits per heavy atom. The van der Waals surface area contributed by atoms with Crippen LogP contribution in [0.3, 0.4) is 0 Å². The number of rotatable bonds is 0. The summed E-state index contributed by atoms with van der Waals surface area (Å²) < 4.78 is 9.22. The number of hydrogen-bond acceptors (Lipinski definition) is 1. The molecule has 1 aliphatic heterocycles. The van der Waals surface area contributed by atoms with Crippen LogP contribution in [0.5, 0.6) is 0 Å². The molecule has 1 heterocycles. The molecular formula is C9H11Br3NOTe+. The number of benzene rings is 1. The molecule has 1 aliphatic rings. The zero-order valence-corrected chi connectivity index (χ0v) is 15.6. The predicted molar refractivity (Wildman–Crippen MR) is 77.6 cm³/mol. The molecule has 84 valence electrons. The van der Waals surface area contributed by atoms with Crippen molar-refractivity contribution in [1.29, 1.82) is 0 Å². The summed E-state index contributed by atoms with van der Waals surface area (Å²) in [6, 6.07) is 8.23. The molecule has 1 aromatic rings. The van der Waals surface area contributed by atoms with Gasteiger partial charge in [-0.05, 0) is 0 Å². The van der Waals surface area contributed by atoms with Crippen molar-refractivity contribution in [2.24, 2.45) is 0 Å². The summed E-state index contributed by atoms with van der Waals surface area (Å²) in [6.45, 7) is 1.96. The maximum atomic E-state index is 5.99. The molecule has 1 aromatic carbocycles. The van der Waals surface area contributed by atoms with Crippen molar-refractivity contribution in [3.63, 3.8) is 0 Å². The standard InChI is InChI=1S/C9H11Br3NOTe/c1-7-13(2)8-5-3-4-6-9(8)15(10,11,12)14-7/h3-6,15H,1-2H3/q+1. The van der Waals surface area contributed by atoms with Crippen LogP contribution in [0.25, 0.3) is 0 Å². The van der Waals surface area contributed by atoms with Crippen molar-refractivity contribution < 1.29 is 7.68 Å². The Balaban J connectivity index is 2.78. The molecule has 15 heavy (non-hydrogen) atoms. The summed E-state index contributed by atoms with van der Waals surface area (Å²) in [5, 5.41) is 0. The Bertz CT molecular complexity index is 464. The molecule has 0 N–H and O–H groups in total. The Labute approximate surface area is 109 Å². The molecule has 0 saturated heterocycles. The van der Waals surface area contributed by atoms with E-state index in [4.69, 9.17) is 3.10 Å². The molecule has 0 aliphatic carbocycles. The molecule has 0 aromatic heterocycles. The van der Waals surface area contributed by atoms with Gasteiger partial charge >= 0.3 is 110 Å². The first kappa shape index (κ1) is 12.4. The van der Waals surface area contributed by atoms with Gasteiger partial charge in [0.25, 0.3) is 0 Å². The molecule has 0 amide bonds. The third kappa shape index (κ3) is 2.16. The van der Waals surface area contributed by atoms with Crippen molar-refractivity contribution in [2.75, 3.05) is 7.05 Å². The fourth-order valence-electron chi connectivity index (χ4n) is 1.54. The molecule has 0 saturated carbocycles. The minimum atomic E-state index is -3.56. The average Bonchev–Trinajstić information content (AvgIpc) is 2.13. The number of fused-ring (bicyclic) bond motifs is 1. The molecule has 6 heteroatoms. The Kier molecular flexibility index (Phi) is 3.06. The van der Waals surface area contributed by atoms with E-state index in [1.54, 1.807) is 0 Å². The monoisotopic (exact) mass is 516 g/mol. The van der Waals surface area contributed by atoms with Crippen LogP contribution in [0.4, 0.5) is 5.69 Å². The van der Waals surface area contributed by atoms with Gasteiger partial charge in [0.15, 0.2) is 0 Å². The summed E-state index contributed by atoms with van der Waals surface area (Å²) in [7, 11) is -1.55. The topological polar surface area (TPSA) is 12.2 Å². The van der Waals surface area contributed by atoms with E-state index in [0.29, 0.717) is 0 Å². The second-order valence-corrected chi connectivity index (χ2v) is 55.9. The fourth-order valence-corrected chi connectivity index (χ4v) is 16.2. The summed E-state index contributed by atoms with van der Waals surface area (Å²) in [5.74, 6) is 0.890. The van der Waals surface area contributed by atoms with E-state index >= 15 is 0 Å². The van der Waals surface area contributed by atoms with Crippen LogP contribution in [0.2, 0.25) is 0 Å². The molecule has 0 fully saturated rings. The van der Waals surface area contributed by atoms with Crippen molar-refractivity contribution in [3.05, 3.63) is 24.3 Å². The van der Waals surface area contributed by atoms with E-state index in [1.165, 1.54) is 9.30 Å². The summed E-state index contributed by atoms with van der Waals surface area (Å²) >= 11 is 11.2. The van der Waals surface area contributed by atoms with Gasteiger partial charge in [-0.3, -0.25) is 0 Å². The van der Waals surface area contributed by atoms with Crippen LogP contribution in [0.1, 0.15) is 6.92 Å². The zero-order valence-electron chi connectivity index (χ0n) is 8.25. The van der Waals surface area contributed by atoms with Gasteiger partial charge < -0.3 is 0 Å². The number of nitrogens with zero attached hydrogens (tertiary/aromatic N) is 1. The van der Waals surface area contributed by atoms with Crippen molar-refractivity contribution >= 4 is 64.1 Å². The van der Waals surface area contributed by atoms with Crippen LogP contribution in [-0.4, -0.2) is 28.1 Å². The van der Waals surface area contributed by atoms with Crippen LogP contribution in [-0.2, 0) is 3.10 Å². The molecule has 0 unspecified atom stereocenters. The molecule has 0 bridgehead atoms.